The van der Waals surface area contributed by atoms with E-state index in [1.807, 2.05) is 0 Å². The van der Waals surface area contributed by atoms with Gasteiger partial charge in [0.05, 0.1) is 6.10 Å². The van der Waals surface area contributed by atoms with E-state index in [0.717, 1.165) is 18.9 Å². The van der Waals surface area contributed by atoms with Gasteiger partial charge in [-0.25, -0.2) is 4.98 Å². The van der Waals surface area contributed by atoms with E-state index in [1.165, 1.54) is 0 Å². The lowest BCUT2D eigenvalue weighted by atomic mass is 10.2. The van der Waals surface area contributed by atoms with Gasteiger partial charge in [0.25, 0.3) is 0 Å². The summed E-state index contributed by atoms with van der Waals surface area (Å²) in [5.41, 5.74) is 4.20. The number of halogens is 3. The molecule has 1 aliphatic rings. The maximum Gasteiger partial charge on any atom is 0.433 e. The van der Waals surface area contributed by atoms with Gasteiger partial charge in [0.2, 0.25) is 5.95 Å². The first-order valence-electron chi connectivity index (χ1n) is 5.52. The van der Waals surface area contributed by atoms with Gasteiger partial charge in [0.15, 0.2) is 5.69 Å². The molecular weight excluding hydrogens is 249 g/mol. The first-order valence-corrected chi connectivity index (χ1v) is 5.52. The molecule has 0 saturated carbocycles. The molecule has 0 aromatic carbocycles. The smallest absolute Gasteiger partial charge is 0.376 e. The van der Waals surface area contributed by atoms with Crippen LogP contribution in [-0.2, 0) is 10.9 Å². The molecule has 8 heteroatoms. The van der Waals surface area contributed by atoms with Crippen LogP contribution >= 0.6 is 0 Å². The molecule has 18 heavy (non-hydrogen) atoms. The monoisotopic (exact) mass is 262 g/mol. The average Bonchev–Trinajstić information content (AvgIpc) is 2.77. The van der Waals surface area contributed by atoms with Crippen molar-refractivity contribution in [3.05, 3.63) is 11.8 Å². The quantitative estimate of drug-likeness (QED) is 0.866. The highest BCUT2D eigenvalue weighted by Crippen LogP contribution is 2.29. The highest BCUT2D eigenvalue weighted by Gasteiger charge is 2.33. The van der Waals surface area contributed by atoms with E-state index in [0.29, 0.717) is 13.2 Å². The molecule has 100 valence electrons. The zero-order chi connectivity index (χ0) is 13.2. The number of anilines is 2. The Morgan fingerprint density at radius 1 is 1.44 bits per heavy atom. The lowest BCUT2D eigenvalue weighted by Crippen LogP contribution is -2.20. The third-order valence-corrected chi connectivity index (χ3v) is 2.57. The molecular formula is C10H13F3N4O. The molecule has 5 nitrogen and oxygen atoms in total. The molecule has 2 rings (SSSR count). The van der Waals surface area contributed by atoms with E-state index in [4.69, 9.17) is 10.5 Å². The van der Waals surface area contributed by atoms with Crippen molar-refractivity contribution in [3.8, 4) is 0 Å². The van der Waals surface area contributed by atoms with Crippen molar-refractivity contribution in [2.45, 2.75) is 25.1 Å². The number of alkyl halides is 3. The molecule has 1 saturated heterocycles. The van der Waals surface area contributed by atoms with Crippen LogP contribution in [0.1, 0.15) is 18.5 Å². The molecule has 3 N–H and O–H groups in total. The predicted octanol–water partition coefficient (Wildman–Crippen LogP) is 1.67. The van der Waals surface area contributed by atoms with Crippen molar-refractivity contribution in [1.29, 1.82) is 0 Å². The van der Waals surface area contributed by atoms with Crippen molar-refractivity contribution in [2.24, 2.45) is 0 Å². The molecule has 0 aliphatic carbocycles. The number of nitrogen functional groups attached to an aromatic ring is 1. The Hall–Kier alpha value is -1.57. The van der Waals surface area contributed by atoms with E-state index in [1.54, 1.807) is 0 Å². The lowest BCUT2D eigenvalue weighted by molar-refractivity contribution is -0.141. The molecule has 0 amide bonds. The fourth-order valence-corrected chi connectivity index (χ4v) is 1.73. The lowest BCUT2D eigenvalue weighted by Gasteiger charge is -2.13. The van der Waals surface area contributed by atoms with Crippen molar-refractivity contribution < 1.29 is 17.9 Å². The first kappa shape index (κ1) is 12.9. The molecule has 1 aliphatic heterocycles. The summed E-state index contributed by atoms with van der Waals surface area (Å²) in [6.07, 6.45) is -2.67. The van der Waals surface area contributed by atoms with Crippen LogP contribution in [0.25, 0.3) is 0 Å². The summed E-state index contributed by atoms with van der Waals surface area (Å²) < 4.78 is 42.8. The Balaban J connectivity index is 2.05. The van der Waals surface area contributed by atoms with E-state index in [9.17, 15) is 13.2 Å². The summed E-state index contributed by atoms with van der Waals surface area (Å²) in [7, 11) is 0. The third kappa shape index (κ3) is 3.22. The van der Waals surface area contributed by atoms with Gasteiger partial charge in [-0.1, -0.05) is 0 Å². The molecule has 1 aromatic heterocycles. The van der Waals surface area contributed by atoms with Crippen LogP contribution in [0.15, 0.2) is 6.07 Å². The molecule has 1 unspecified atom stereocenters. The fraction of sp³-hybridized carbons (Fsp3) is 0.600. The maximum absolute atomic E-state index is 12.5. The van der Waals surface area contributed by atoms with Crippen LogP contribution in [-0.4, -0.2) is 29.2 Å². The van der Waals surface area contributed by atoms with E-state index >= 15 is 0 Å². The number of aromatic nitrogens is 2. The van der Waals surface area contributed by atoms with E-state index < -0.39 is 17.8 Å². The van der Waals surface area contributed by atoms with E-state index in [2.05, 4.69) is 15.3 Å². The Morgan fingerprint density at radius 3 is 2.83 bits per heavy atom. The minimum absolute atomic E-state index is 0.00975. The summed E-state index contributed by atoms with van der Waals surface area (Å²) >= 11 is 0. The van der Waals surface area contributed by atoms with Gasteiger partial charge >= 0.3 is 6.18 Å². The summed E-state index contributed by atoms with van der Waals surface area (Å²) in [6, 6.07) is 0.839. The largest absolute Gasteiger partial charge is 0.433 e. The van der Waals surface area contributed by atoms with Crippen LogP contribution in [0.2, 0.25) is 0 Å². The van der Waals surface area contributed by atoms with Crippen molar-refractivity contribution in [1.82, 2.24) is 9.97 Å². The number of hydrogen-bond donors (Lipinski definition) is 2. The van der Waals surface area contributed by atoms with Gasteiger partial charge in [-0.3, -0.25) is 0 Å². The molecule has 0 spiro atoms. The zero-order valence-electron chi connectivity index (χ0n) is 9.50. The van der Waals surface area contributed by atoms with E-state index in [-0.39, 0.29) is 11.9 Å². The normalized spacial score (nSPS) is 20.1. The predicted molar refractivity (Wildman–Crippen MR) is 58.9 cm³/mol. The number of ether oxygens (including phenoxy) is 1. The van der Waals surface area contributed by atoms with Gasteiger partial charge in [-0.2, -0.15) is 18.2 Å². The Kier molecular flexibility index (Phi) is 3.55. The van der Waals surface area contributed by atoms with Gasteiger partial charge in [-0.15, -0.1) is 0 Å². The second-order valence-corrected chi connectivity index (χ2v) is 4.01. The summed E-state index contributed by atoms with van der Waals surface area (Å²) in [4.78, 5) is 6.86. The Morgan fingerprint density at radius 2 is 2.22 bits per heavy atom. The Labute approximate surface area is 102 Å². The molecule has 2 heterocycles. The van der Waals surface area contributed by atoms with Crippen LogP contribution in [0.4, 0.5) is 24.9 Å². The first-order chi connectivity index (χ1) is 8.45. The molecule has 0 bridgehead atoms. The van der Waals surface area contributed by atoms with Gasteiger partial charge in [-0.05, 0) is 12.8 Å². The second-order valence-electron chi connectivity index (χ2n) is 4.01. The second kappa shape index (κ2) is 4.97. The van der Waals surface area contributed by atoms with Crippen molar-refractivity contribution in [2.75, 3.05) is 24.2 Å². The number of rotatable bonds is 3. The zero-order valence-corrected chi connectivity index (χ0v) is 9.50. The Bertz CT molecular complexity index is 418. The SMILES string of the molecule is Nc1nc(NCC2CCCO2)cc(C(F)(F)F)n1. The van der Waals surface area contributed by atoms with Crippen molar-refractivity contribution in [3.63, 3.8) is 0 Å². The number of nitrogens with zero attached hydrogens (tertiary/aromatic N) is 2. The van der Waals surface area contributed by atoms with Crippen LogP contribution in [0, 0.1) is 0 Å². The third-order valence-electron chi connectivity index (χ3n) is 2.57. The minimum atomic E-state index is -4.53. The van der Waals surface area contributed by atoms with Crippen LogP contribution in [0.5, 0.6) is 0 Å². The van der Waals surface area contributed by atoms with Crippen LogP contribution < -0.4 is 11.1 Å². The number of nitrogens with two attached hydrogens (primary N) is 1. The number of nitrogens with one attached hydrogen (secondary N) is 1. The maximum atomic E-state index is 12.5. The molecule has 0 radical (unpaired) electrons. The summed E-state index contributed by atoms with van der Waals surface area (Å²) in [5, 5.41) is 2.78. The highest BCUT2D eigenvalue weighted by atomic mass is 19.4. The van der Waals surface area contributed by atoms with Crippen molar-refractivity contribution >= 4 is 11.8 Å². The van der Waals surface area contributed by atoms with Gasteiger partial charge in [0.1, 0.15) is 5.82 Å². The highest BCUT2D eigenvalue weighted by molar-refractivity contribution is 5.41. The topological polar surface area (TPSA) is 73.1 Å². The summed E-state index contributed by atoms with van der Waals surface area (Å²) in [6.45, 7) is 1.10. The van der Waals surface area contributed by atoms with Gasteiger partial charge in [0, 0.05) is 19.2 Å². The standard InChI is InChI=1S/C10H13F3N4O/c11-10(12,13)7-4-8(17-9(14)16-7)15-5-6-2-1-3-18-6/h4,6H,1-3,5H2,(H3,14,15,16,17). The molecule has 1 atom stereocenters. The number of hydrogen-bond acceptors (Lipinski definition) is 5. The molecule has 1 fully saturated rings. The summed E-state index contributed by atoms with van der Waals surface area (Å²) in [5.74, 6) is -0.343. The molecule has 1 aromatic rings. The van der Waals surface area contributed by atoms with Crippen LogP contribution in [0.3, 0.4) is 0 Å². The fourth-order valence-electron chi connectivity index (χ4n) is 1.73. The minimum Gasteiger partial charge on any atom is -0.376 e. The van der Waals surface area contributed by atoms with Gasteiger partial charge < -0.3 is 15.8 Å². The average molecular weight is 262 g/mol.